The van der Waals surface area contributed by atoms with E-state index >= 15 is 0 Å². The molecule has 0 rings (SSSR count). The molecule has 78 heavy (non-hydrogen) atoms. The third-order valence-electron chi connectivity index (χ3n) is 11.4. The van der Waals surface area contributed by atoms with Crippen LogP contribution in [0.1, 0.15) is 201 Å². The average molecular weight is 1100 g/mol. The Bertz CT molecular complexity index is 1910. The van der Waals surface area contributed by atoms with E-state index in [1.165, 1.54) is 0 Å². The lowest BCUT2D eigenvalue weighted by Gasteiger charge is -2.21. The van der Waals surface area contributed by atoms with E-state index in [0.717, 1.165) is 135 Å². The molecule has 0 aliphatic heterocycles. The number of phosphoric ester groups is 1. The molecule has 0 aromatic rings. The van der Waals surface area contributed by atoms with Crippen molar-refractivity contribution in [2.24, 2.45) is 0 Å². The van der Waals surface area contributed by atoms with E-state index in [1.54, 1.807) is 0 Å². The first-order valence-electron chi connectivity index (χ1n) is 29.4. The molecule has 0 aliphatic carbocycles. The highest BCUT2D eigenvalue weighted by Gasteiger charge is 2.28. The van der Waals surface area contributed by atoms with Crippen molar-refractivity contribution in [1.82, 2.24) is 0 Å². The van der Waals surface area contributed by atoms with Crippen molar-refractivity contribution in [1.29, 1.82) is 0 Å². The summed E-state index contributed by atoms with van der Waals surface area (Å²) in [5.74, 6) is -1.61. The Morgan fingerprint density at radius 3 is 1.00 bits per heavy atom. The molecule has 0 aromatic carbocycles. The van der Waals surface area contributed by atoms with Crippen LogP contribution >= 0.6 is 7.82 Å². The number of rotatable bonds is 52. The maximum absolute atomic E-state index is 12.9. The van der Waals surface area contributed by atoms with Crippen LogP contribution in [0, 0.1) is 0 Å². The van der Waals surface area contributed by atoms with Crippen LogP contribution in [0.4, 0.5) is 0 Å². The lowest BCUT2D eigenvalue weighted by atomic mass is 10.1. The lowest BCUT2D eigenvalue weighted by Crippen LogP contribution is -2.30. The third kappa shape index (κ3) is 55.8. The minimum absolute atomic E-state index is 0.0720. The molecule has 3 atom stereocenters. The van der Waals surface area contributed by atoms with Gasteiger partial charge in [0.2, 0.25) is 0 Å². The number of carbonyl (C=O) groups excluding carboxylic acids is 3. The minimum Gasteiger partial charge on any atom is -0.462 e. The first-order chi connectivity index (χ1) is 38.2. The van der Waals surface area contributed by atoms with Crippen LogP contribution in [-0.2, 0) is 42.2 Å². The van der Waals surface area contributed by atoms with E-state index in [9.17, 15) is 28.9 Å². The van der Waals surface area contributed by atoms with E-state index in [0.29, 0.717) is 25.7 Å². The average Bonchev–Trinajstić information content (AvgIpc) is 3.43. The van der Waals surface area contributed by atoms with Crippen LogP contribution in [0.25, 0.3) is 0 Å². The van der Waals surface area contributed by atoms with Gasteiger partial charge in [-0.15, -0.1) is 0 Å². The van der Waals surface area contributed by atoms with Gasteiger partial charge in [0, 0.05) is 19.3 Å². The first kappa shape index (κ1) is 73.1. The van der Waals surface area contributed by atoms with Crippen molar-refractivity contribution >= 4 is 25.7 Å². The molecular weight excluding hydrogens is 1000 g/mol. The number of esters is 3. The quantitative estimate of drug-likeness (QED) is 0.0197. The maximum Gasteiger partial charge on any atom is 0.472 e. The SMILES string of the molecule is CC/C=C\C/C=C\C/C=C\C/C=C\C/C=C\CCCC(=O)OC(COC(=O)CCCCCC/C=C\C/C=C\C/C=C\C/C=C\CC)COP(=O)(O)OCC(CO)OC(=O)CCCCCC/C=C\C/C=C\C/C=C\C/C=C\CC. The number of allylic oxidation sites excluding steroid dienone is 26. The van der Waals surface area contributed by atoms with E-state index < -0.39 is 57.8 Å². The van der Waals surface area contributed by atoms with Crippen molar-refractivity contribution in [2.45, 2.75) is 213 Å². The second kappa shape index (κ2) is 58.3. The highest BCUT2D eigenvalue weighted by atomic mass is 31.2. The molecule has 0 fully saturated rings. The van der Waals surface area contributed by atoms with Gasteiger partial charge in [-0.25, -0.2) is 4.57 Å². The van der Waals surface area contributed by atoms with Gasteiger partial charge in [0.15, 0.2) is 6.10 Å². The molecule has 438 valence electrons. The van der Waals surface area contributed by atoms with Gasteiger partial charge in [-0.2, -0.15) is 0 Å². The van der Waals surface area contributed by atoms with Crippen LogP contribution in [0.5, 0.6) is 0 Å². The van der Waals surface area contributed by atoms with Crippen LogP contribution in [0.15, 0.2) is 158 Å². The summed E-state index contributed by atoms with van der Waals surface area (Å²) in [6.45, 7) is 4.16. The van der Waals surface area contributed by atoms with Crippen molar-refractivity contribution in [3.8, 4) is 0 Å². The van der Waals surface area contributed by atoms with Gasteiger partial charge in [-0.1, -0.05) is 204 Å². The van der Waals surface area contributed by atoms with E-state index in [4.69, 9.17) is 23.3 Å². The number of hydrogen-bond donors (Lipinski definition) is 2. The lowest BCUT2D eigenvalue weighted by molar-refractivity contribution is -0.161. The van der Waals surface area contributed by atoms with Crippen molar-refractivity contribution in [3.63, 3.8) is 0 Å². The predicted octanol–water partition coefficient (Wildman–Crippen LogP) is 17.7. The van der Waals surface area contributed by atoms with Crippen molar-refractivity contribution < 1.29 is 52.2 Å². The zero-order chi connectivity index (χ0) is 56.9. The summed E-state index contributed by atoms with van der Waals surface area (Å²) in [5, 5.41) is 9.83. The molecule has 0 spiro atoms. The molecule has 0 saturated heterocycles. The highest BCUT2D eigenvalue weighted by Crippen LogP contribution is 2.43. The maximum atomic E-state index is 12.9. The number of phosphoric acid groups is 1. The third-order valence-corrected chi connectivity index (χ3v) is 12.4. The molecule has 0 saturated carbocycles. The molecule has 0 radical (unpaired) electrons. The summed E-state index contributed by atoms with van der Waals surface area (Å²) in [6, 6.07) is 0. The minimum atomic E-state index is -4.79. The summed E-state index contributed by atoms with van der Waals surface area (Å²) in [7, 11) is -4.79. The molecule has 11 nitrogen and oxygen atoms in total. The number of aliphatic hydroxyl groups excluding tert-OH is 1. The zero-order valence-corrected chi connectivity index (χ0v) is 49.2. The number of carbonyl (C=O) groups is 3. The van der Waals surface area contributed by atoms with Crippen molar-refractivity contribution in [3.05, 3.63) is 158 Å². The topological polar surface area (TPSA) is 155 Å². The van der Waals surface area contributed by atoms with Crippen LogP contribution in [0.2, 0.25) is 0 Å². The van der Waals surface area contributed by atoms with Gasteiger partial charge >= 0.3 is 25.7 Å². The van der Waals surface area contributed by atoms with Gasteiger partial charge in [0.05, 0.1) is 19.8 Å². The van der Waals surface area contributed by atoms with Crippen LogP contribution in [-0.4, -0.2) is 66.5 Å². The van der Waals surface area contributed by atoms with Crippen LogP contribution in [0.3, 0.4) is 0 Å². The van der Waals surface area contributed by atoms with Gasteiger partial charge in [-0.3, -0.25) is 23.4 Å². The van der Waals surface area contributed by atoms with E-state index in [-0.39, 0.29) is 25.9 Å². The van der Waals surface area contributed by atoms with Gasteiger partial charge in [-0.05, 0) is 135 Å². The first-order valence-corrected chi connectivity index (χ1v) is 30.9. The molecule has 0 amide bonds. The molecule has 0 heterocycles. The second-order valence-electron chi connectivity index (χ2n) is 18.7. The van der Waals surface area contributed by atoms with Crippen LogP contribution < -0.4 is 0 Å². The fraction of sp³-hybridized carbons (Fsp3) is 0.561. The molecule has 0 bridgehead atoms. The highest BCUT2D eigenvalue weighted by molar-refractivity contribution is 7.47. The Morgan fingerprint density at radius 2 is 0.641 bits per heavy atom. The number of aliphatic hydroxyl groups is 1. The van der Waals surface area contributed by atoms with Gasteiger partial charge in [0.25, 0.3) is 0 Å². The monoisotopic (exact) mass is 1100 g/mol. The molecule has 2 N–H and O–H groups in total. The predicted molar refractivity (Wildman–Crippen MR) is 325 cm³/mol. The normalized spacial score (nSPS) is 14.5. The fourth-order valence-electron chi connectivity index (χ4n) is 7.08. The largest absolute Gasteiger partial charge is 0.472 e. The number of unbranched alkanes of at least 4 members (excludes halogenated alkanes) is 9. The smallest absolute Gasteiger partial charge is 0.462 e. The molecule has 12 heteroatoms. The van der Waals surface area contributed by atoms with E-state index in [1.807, 2.05) is 12.2 Å². The van der Waals surface area contributed by atoms with Crippen molar-refractivity contribution in [2.75, 3.05) is 26.4 Å². The summed E-state index contributed by atoms with van der Waals surface area (Å²) in [6.07, 6.45) is 76.3. The standard InChI is InChI=1S/C66H103O11P/c1-4-7-10-13-16-19-22-25-28-31-34-37-40-43-46-49-52-55-64(68)73-59-63(77-66(70)57-54-51-48-45-42-39-36-33-30-27-24-21-18-15-12-9-6-3)61-75-78(71,72)74-60-62(58-67)76-65(69)56-53-50-47-44-41-38-35-32-29-26-23-20-17-14-11-8-5-2/h7-12,16-21,25-30,34-39,45,48,62-63,67H,4-6,13-15,22-24,31-33,40-44,46-47,49-61H2,1-3H3,(H,71,72)/b10-7-,11-8-,12-9-,19-16-,20-17-,21-18-,28-25-,29-26-,30-27-,37-34-,38-35-,39-36-,48-45-. The van der Waals surface area contributed by atoms with Gasteiger partial charge in [0.1, 0.15) is 12.7 Å². The molecule has 0 aromatic heterocycles. The molecule has 0 aliphatic rings. The summed E-state index contributed by atoms with van der Waals surface area (Å²) in [5.41, 5.74) is 0. The Morgan fingerprint density at radius 1 is 0.359 bits per heavy atom. The Balaban J connectivity index is 4.89. The summed E-state index contributed by atoms with van der Waals surface area (Å²) in [4.78, 5) is 48.6. The number of hydrogen-bond acceptors (Lipinski definition) is 10. The molecular formula is C66H103O11P. The summed E-state index contributed by atoms with van der Waals surface area (Å²) < 4.78 is 39.5. The summed E-state index contributed by atoms with van der Waals surface area (Å²) >= 11 is 0. The Kier molecular flexibility index (Phi) is 54.6. The Hall–Kier alpha value is -4.90. The zero-order valence-electron chi connectivity index (χ0n) is 48.3. The Labute approximate surface area is 473 Å². The van der Waals surface area contributed by atoms with Gasteiger partial charge < -0.3 is 24.2 Å². The van der Waals surface area contributed by atoms with E-state index in [2.05, 4.69) is 167 Å². The molecule has 3 unspecified atom stereocenters. The number of ether oxygens (including phenoxy) is 3. The fourth-order valence-corrected chi connectivity index (χ4v) is 7.86. The second-order valence-corrected chi connectivity index (χ2v) is 20.1.